The molecule has 2 nitrogen and oxygen atoms in total. The molecule has 22 heavy (non-hydrogen) atoms. The molecule has 3 N–H and O–H groups in total. The monoisotopic (exact) mass is 311 g/mol. The Hall–Kier alpha value is -0.340. The molecule has 0 aliphatic carbocycles. The van der Waals surface area contributed by atoms with Gasteiger partial charge in [-0.15, -0.1) is 0 Å². The molecule has 0 rings (SSSR count). The van der Waals surface area contributed by atoms with Crippen LogP contribution in [0.4, 0.5) is 0 Å². The zero-order valence-electron chi connectivity index (χ0n) is 15.1. The molecule has 0 amide bonds. The summed E-state index contributed by atoms with van der Waals surface area (Å²) in [4.78, 5) is 0. The normalized spacial score (nSPS) is 13.0. The summed E-state index contributed by atoms with van der Waals surface area (Å²) in [5, 5.41) is 8.78. The average Bonchev–Trinajstić information content (AvgIpc) is 2.51. The maximum Gasteiger partial charge on any atom is 0.0445 e. The smallest absolute Gasteiger partial charge is 0.0445 e. The van der Waals surface area contributed by atoms with Crippen molar-refractivity contribution in [3.05, 3.63) is 12.2 Å². The van der Waals surface area contributed by atoms with Crippen LogP contribution in [0, 0.1) is 0 Å². The summed E-state index contributed by atoms with van der Waals surface area (Å²) in [6.07, 6.45) is 24.0. The van der Waals surface area contributed by atoms with Crippen molar-refractivity contribution in [1.29, 1.82) is 0 Å². The second-order valence-corrected chi connectivity index (χ2v) is 6.65. The fourth-order valence-electron chi connectivity index (χ4n) is 2.79. The van der Waals surface area contributed by atoms with Crippen LogP contribution in [-0.2, 0) is 0 Å². The quantitative estimate of drug-likeness (QED) is 0.266. The summed E-state index contributed by atoms with van der Waals surface area (Å²) in [7, 11) is 0. The molecule has 0 aromatic heterocycles. The highest BCUT2D eigenvalue weighted by Crippen LogP contribution is 2.10. The zero-order chi connectivity index (χ0) is 16.3. The first-order valence-electron chi connectivity index (χ1n) is 9.82. The molecule has 0 spiro atoms. The lowest BCUT2D eigenvalue weighted by Crippen LogP contribution is -2.20. The van der Waals surface area contributed by atoms with Crippen molar-refractivity contribution in [2.75, 3.05) is 6.61 Å². The predicted molar refractivity (Wildman–Crippen MR) is 99.1 cm³/mol. The third-order valence-corrected chi connectivity index (χ3v) is 4.34. The molecule has 132 valence electrons. The largest absolute Gasteiger partial charge is 0.396 e. The molecule has 0 aliphatic heterocycles. The summed E-state index contributed by atoms with van der Waals surface area (Å²) in [5.74, 6) is 0. The van der Waals surface area contributed by atoms with Crippen LogP contribution in [0.15, 0.2) is 12.2 Å². The van der Waals surface area contributed by atoms with Crippen LogP contribution >= 0.6 is 0 Å². The minimum atomic E-state index is 0.204. The second-order valence-electron chi connectivity index (χ2n) is 6.65. The first-order chi connectivity index (χ1) is 10.8. The van der Waals surface area contributed by atoms with E-state index in [-0.39, 0.29) is 12.6 Å². The van der Waals surface area contributed by atoms with Gasteiger partial charge < -0.3 is 10.8 Å². The summed E-state index contributed by atoms with van der Waals surface area (Å²) in [6, 6.07) is 0.204. The maximum absolute atomic E-state index is 8.78. The van der Waals surface area contributed by atoms with Crippen molar-refractivity contribution in [1.82, 2.24) is 0 Å². The van der Waals surface area contributed by atoms with E-state index in [0.717, 1.165) is 12.8 Å². The van der Waals surface area contributed by atoms with Crippen molar-refractivity contribution < 1.29 is 5.11 Å². The molecule has 1 atom stereocenters. The molecule has 0 saturated carbocycles. The van der Waals surface area contributed by atoms with Gasteiger partial charge in [0, 0.05) is 12.6 Å². The van der Waals surface area contributed by atoms with Gasteiger partial charge in [-0.1, -0.05) is 76.9 Å². The number of hydrogen-bond donors (Lipinski definition) is 2. The Morgan fingerprint density at radius 2 is 1.23 bits per heavy atom. The number of aliphatic hydroxyl groups excluding tert-OH is 1. The molecule has 0 saturated heterocycles. The standard InChI is InChI=1S/C20H41NO/c1-2-3-4-5-6-7-8-9-10-11-12-13-14-15-16-17-20(21)18-19-22/h9-10,20,22H,2-8,11-19,21H2,1H3/b10-9-. The fourth-order valence-corrected chi connectivity index (χ4v) is 2.79. The first kappa shape index (κ1) is 21.7. The van der Waals surface area contributed by atoms with Crippen LogP contribution in [0.3, 0.4) is 0 Å². The van der Waals surface area contributed by atoms with Crippen molar-refractivity contribution in [2.45, 2.75) is 109 Å². The van der Waals surface area contributed by atoms with Gasteiger partial charge in [0.05, 0.1) is 0 Å². The molecular formula is C20H41NO. The van der Waals surface area contributed by atoms with Gasteiger partial charge in [0.2, 0.25) is 0 Å². The van der Waals surface area contributed by atoms with E-state index in [0.29, 0.717) is 0 Å². The van der Waals surface area contributed by atoms with Crippen LogP contribution < -0.4 is 5.73 Å². The lowest BCUT2D eigenvalue weighted by atomic mass is 10.0. The predicted octanol–water partition coefficient (Wildman–Crippen LogP) is 5.73. The van der Waals surface area contributed by atoms with Crippen LogP contribution in [0.2, 0.25) is 0 Å². The summed E-state index contributed by atoms with van der Waals surface area (Å²) < 4.78 is 0. The Morgan fingerprint density at radius 3 is 1.77 bits per heavy atom. The first-order valence-corrected chi connectivity index (χ1v) is 9.82. The van der Waals surface area contributed by atoms with E-state index in [2.05, 4.69) is 19.1 Å². The van der Waals surface area contributed by atoms with Gasteiger partial charge in [0.25, 0.3) is 0 Å². The van der Waals surface area contributed by atoms with E-state index in [1.54, 1.807) is 0 Å². The molecule has 0 heterocycles. The SMILES string of the molecule is CCCCCCCC/C=C\CCCCCCCC(N)CCO. The van der Waals surface area contributed by atoms with E-state index >= 15 is 0 Å². The zero-order valence-corrected chi connectivity index (χ0v) is 15.1. The lowest BCUT2D eigenvalue weighted by molar-refractivity contribution is 0.271. The van der Waals surface area contributed by atoms with Gasteiger partial charge in [-0.3, -0.25) is 0 Å². The second kappa shape index (κ2) is 18.7. The topological polar surface area (TPSA) is 46.2 Å². The highest BCUT2D eigenvalue weighted by Gasteiger charge is 2.00. The van der Waals surface area contributed by atoms with E-state index in [1.807, 2.05) is 0 Å². The van der Waals surface area contributed by atoms with Gasteiger partial charge in [0.1, 0.15) is 0 Å². The van der Waals surface area contributed by atoms with Gasteiger partial charge in [-0.2, -0.15) is 0 Å². The van der Waals surface area contributed by atoms with Gasteiger partial charge >= 0.3 is 0 Å². The minimum absolute atomic E-state index is 0.204. The van der Waals surface area contributed by atoms with Gasteiger partial charge in [-0.25, -0.2) is 0 Å². The van der Waals surface area contributed by atoms with Crippen molar-refractivity contribution >= 4 is 0 Å². The molecule has 0 radical (unpaired) electrons. The number of unbranched alkanes of at least 4 members (excludes halogenated alkanes) is 11. The number of nitrogens with two attached hydrogens (primary N) is 1. The molecule has 1 unspecified atom stereocenters. The highest BCUT2D eigenvalue weighted by molar-refractivity contribution is 4.81. The molecule has 0 aromatic carbocycles. The van der Waals surface area contributed by atoms with Gasteiger partial charge in [-0.05, 0) is 38.5 Å². The number of rotatable bonds is 17. The third-order valence-electron chi connectivity index (χ3n) is 4.34. The molecular weight excluding hydrogens is 270 g/mol. The Morgan fingerprint density at radius 1 is 0.727 bits per heavy atom. The average molecular weight is 312 g/mol. The van der Waals surface area contributed by atoms with Crippen molar-refractivity contribution in [3.8, 4) is 0 Å². The van der Waals surface area contributed by atoms with Crippen LogP contribution in [0.5, 0.6) is 0 Å². The Kier molecular flexibility index (Phi) is 18.4. The van der Waals surface area contributed by atoms with Crippen LogP contribution in [0.1, 0.15) is 103 Å². The van der Waals surface area contributed by atoms with Crippen molar-refractivity contribution in [3.63, 3.8) is 0 Å². The van der Waals surface area contributed by atoms with Gasteiger partial charge in [0.15, 0.2) is 0 Å². The summed E-state index contributed by atoms with van der Waals surface area (Å²) >= 11 is 0. The van der Waals surface area contributed by atoms with Crippen molar-refractivity contribution in [2.24, 2.45) is 5.73 Å². The van der Waals surface area contributed by atoms with E-state index in [4.69, 9.17) is 10.8 Å². The van der Waals surface area contributed by atoms with E-state index < -0.39 is 0 Å². The summed E-state index contributed by atoms with van der Waals surface area (Å²) in [5.41, 5.74) is 5.87. The Balaban J connectivity index is 3.11. The van der Waals surface area contributed by atoms with E-state index in [1.165, 1.54) is 83.5 Å². The number of aliphatic hydroxyl groups is 1. The minimum Gasteiger partial charge on any atom is -0.396 e. The molecule has 2 heteroatoms. The lowest BCUT2D eigenvalue weighted by Gasteiger charge is -2.08. The highest BCUT2D eigenvalue weighted by atomic mass is 16.3. The number of allylic oxidation sites excluding steroid dienone is 2. The third kappa shape index (κ3) is 17.7. The molecule has 0 aromatic rings. The molecule has 0 bridgehead atoms. The molecule has 0 aliphatic rings. The van der Waals surface area contributed by atoms with E-state index in [9.17, 15) is 0 Å². The Labute approximate surface area is 139 Å². The summed E-state index contributed by atoms with van der Waals surface area (Å²) in [6.45, 7) is 2.50. The maximum atomic E-state index is 8.78. The van der Waals surface area contributed by atoms with Crippen LogP contribution in [0.25, 0.3) is 0 Å². The number of hydrogen-bond acceptors (Lipinski definition) is 2. The fraction of sp³-hybridized carbons (Fsp3) is 0.900. The molecule has 0 fully saturated rings. The Bertz CT molecular complexity index is 228. The van der Waals surface area contributed by atoms with Crippen LogP contribution in [-0.4, -0.2) is 17.8 Å².